The highest BCUT2D eigenvalue weighted by Crippen LogP contribution is 2.49. The maximum Gasteiger partial charge on any atom is 0.144 e. The maximum atomic E-state index is 5.37. The molecule has 0 radical (unpaired) electrons. The van der Waals surface area contributed by atoms with Crippen molar-refractivity contribution in [2.24, 2.45) is 0 Å². The smallest absolute Gasteiger partial charge is 0.127 e. The molecule has 18 heavy (non-hydrogen) atoms. The molecular weight excluding hydrogens is 377 g/mol. The summed E-state index contributed by atoms with van der Waals surface area (Å²) in [5.41, 5.74) is 0. The minimum Gasteiger partial charge on any atom is -0.127 e. The highest BCUT2D eigenvalue weighted by atomic mass is 32.2. The lowest BCUT2D eigenvalue weighted by Gasteiger charge is -2.07. The standard InChI is InChI=1S/C10H6S8/c1-13-3-4(14-2)6-8(18-10(12)16-6)7-5(3)15-9(11)17-7/h1-2H3. The summed E-state index contributed by atoms with van der Waals surface area (Å²) in [5, 5.41) is 0. The second-order valence-corrected chi connectivity index (χ2v) is 11.4. The van der Waals surface area contributed by atoms with Gasteiger partial charge in [0, 0.05) is 9.79 Å². The Bertz CT molecular complexity index is 771. The predicted octanol–water partition coefficient (Wildman–Crippen LogP) is 7.14. The van der Waals surface area contributed by atoms with E-state index in [1.807, 2.05) is 23.5 Å². The van der Waals surface area contributed by atoms with E-state index in [2.05, 4.69) is 12.5 Å². The maximum absolute atomic E-state index is 5.37. The highest BCUT2D eigenvalue weighted by molar-refractivity contribution is 8.02. The number of benzene rings is 1. The lowest BCUT2D eigenvalue weighted by atomic mass is 10.3. The molecule has 0 atom stereocenters. The van der Waals surface area contributed by atoms with Gasteiger partial charge in [0.15, 0.2) is 0 Å². The third kappa shape index (κ3) is 2.14. The van der Waals surface area contributed by atoms with Gasteiger partial charge in [-0.3, -0.25) is 0 Å². The van der Waals surface area contributed by atoms with Crippen LogP contribution in [-0.2, 0) is 0 Å². The molecule has 0 aliphatic heterocycles. The van der Waals surface area contributed by atoms with Crippen LogP contribution < -0.4 is 0 Å². The van der Waals surface area contributed by atoms with Gasteiger partial charge in [-0.05, 0) is 12.5 Å². The van der Waals surface area contributed by atoms with Gasteiger partial charge >= 0.3 is 0 Å². The lowest BCUT2D eigenvalue weighted by molar-refractivity contribution is 1.40. The SMILES string of the molecule is CSc1c(SC)c2sc(=S)sc2c2sc(=S)sc12. The summed E-state index contributed by atoms with van der Waals surface area (Å²) in [6.45, 7) is 0. The molecule has 0 saturated carbocycles. The van der Waals surface area contributed by atoms with Gasteiger partial charge in [0.05, 0.1) is 18.8 Å². The number of fused-ring (bicyclic) bond motifs is 3. The van der Waals surface area contributed by atoms with E-state index < -0.39 is 0 Å². The van der Waals surface area contributed by atoms with Crippen LogP contribution in [-0.4, -0.2) is 12.5 Å². The summed E-state index contributed by atoms with van der Waals surface area (Å²) < 4.78 is 7.36. The Morgan fingerprint density at radius 3 is 1.33 bits per heavy atom. The van der Waals surface area contributed by atoms with E-state index in [0.717, 1.165) is 6.28 Å². The quantitative estimate of drug-likeness (QED) is 0.341. The van der Waals surface area contributed by atoms with Crippen LogP contribution in [0.5, 0.6) is 0 Å². The summed E-state index contributed by atoms with van der Waals surface area (Å²) in [5.74, 6) is 0. The van der Waals surface area contributed by atoms with Gasteiger partial charge in [0.25, 0.3) is 0 Å². The molecule has 3 rings (SSSR count). The minimum atomic E-state index is 1.00. The first-order valence-corrected chi connectivity index (χ1v) is 11.3. The van der Waals surface area contributed by atoms with Crippen molar-refractivity contribution in [1.29, 1.82) is 0 Å². The van der Waals surface area contributed by atoms with Crippen LogP contribution in [0.4, 0.5) is 0 Å². The molecule has 0 nitrogen and oxygen atoms in total. The third-order valence-corrected chi connectivity index (χ3v) is 9.91. The second-order valence-electron chi connectivity index (χ2n) is 3.29. The van der Waals surface area contributed by atoms with E-state index in [1.165, 1.54) is 28.6 Å². The van der Waals surface area contributed by atoms with E-state index in [0.29, 0.717) is 0 Å². The lowest BCUT2D eigenvalue weighted by Crippen LogP contribution is -1.78. The van der Waals surface area contributed by atoms with Crippen LogP contribution in [0, 0.1) is 6.28 Å². The fraction of sp³-hybridized carbons (Fsp3) is 0.200. The topological polar surface area (TPSA) is 0 Å². The van der Waals surface area contributed by atoms with Crippen molar-refractivity contribution in [3.8, 4) is 0 Å². The zero-order valence-corrected chi connectivity index (χ0v) is 15.8. The van der Waals surface area contributed by atoms with Crippen molar-refractivity contribution in [2.75, 3.05) is 12.5 Å². The minimum absolute atomic E-state index is 1.00. The molecule has 2 aromatic heterocycles. The average molecular weight is 383 g/mol. The highest BCUT2D eigenvalue weighted by Gasteiger charge is 2.17. The first-order chi connectivity index (χ1) is 8.65. The van der Waals surface area contributed by atoms with E-state index in [-0.39, 0.29) is 0 Å². The summed E-state index contributed by atoms with van der Waals surface area (Å²) >= 11 is 21.3. The average Bonchev–Trinajstić information content (AvgIpc) is 2.89. The van der Waals surface area contributed by atoms with Crippen LogP contribution in [0.15, 0.2) is 9.79 Å². The van der Waals surface area contributed by atoms with E-state index >= 15 is 0 Å². The van der Waals surface area contributed by atoms with Crippen molar-refractivity contribution in [3.05, 3.63) is 6.28 Å². The van der Waals surface area contributed by atoms with Crippen molar-refractivity contribution in [1.82, 2.24) is 0 Å². The van der Waals surface area contributed by atoms with Gasteiger partial charge in [-0.25, -0.2) is 0 Å². The van der Waals surface area contributed by atoms with Crippen LogP contribution in [0.3, 0.4) is 0 Å². The largest absolute Gasteiger partial charge is 0.144 e. The Kier molecular flexibility index (Phi) is 4.18. The Morgan fingerprint density at radius 1 is 0.667 bits per heavy atom. The molecule has 0 unspecified atom stereocenters. The Hall–Kier alpha value is 0.980. The fourth-order valence-corrected chi connectivity index (χ4v) is 9.83. The zero-order valence-electron chi connectivity index (χ0n) is 9.27. The molecule has 0 bridgehead atoms. The summed E-state index contributed by atoms with van der Waals surface area (Å²) in [4.78, 5) is 2.73. The van der Waals surface area contributed by atoms with Crippen LogP contribution in [0.1, 0.15) is 0 Å². The second kappa shape index (κ2) is 5.40. The van der Waals surface area contributed by atoms with Crippen LogP contribution in [0.2, 0.25) is 0 Å². The third-order valence-electron chi connectivity index (χ3n) is 2.39. The predicted molar refractivity (Wildman–Crippen MR) is 98.2 cm³/mol. The Labute approximate surface area is 139 Å². The molecule has 94 valence electrons. The summed E-state index contributed by atoms with van der Waals surface area (Å²) in [6, 6.07) is 0. The number of hydrogen-bond acceptors (Lipinski definition) is 8. The van der Waals surface area contributed by atoms with Crippen molar-refractivity contribution in [2.45, 2.75) is 9.79 Å². The molecule has 0 aliphatic carbocycles. The molecule has 0 spiro atoms. The van der Waals surface area contributed by atoms with Crippen molar-refractivity contribution >= 4 is 112 Å². The van der Waals surface area contributed by atoms with E-state index in [4.69, 9.17) is 24.4 Å². The van der Waals surface area contributed by atoms with Crippen LogP contribution in [0.25, 0.3) is 18.8 Å². The normalized spacial score (nSPS) is 11.7. The molecule has 0 amide bonds. The van der Waals surface area contributed by atoms with Gasteiger partial charge in [-0.2, -0.15) is 0 Å². The fourth-order valence-electron chi connectivity index (χ4n) is 1.74. The van der Waals surface area contributed by atoms with Gasteiger partial charge in [0.1, 0.15) is 6.28 Å². The molecule has 2 heterocycles. The van der Waals surface area contributed by atoms with Crippen LogP contribution >= 0.6 is 93.3 Å². The van der Waals surface area contributed by atoms with E-state index in [1.54, 1.807) is 45.3 Å². The van der Waals surface area contributed by atoms with Gasteiger partial charge in [0.2, 0.25) is 0 Å². The molecule has 0 fully saturated rings. The number of thioether (sulfide) groups is 2. The Balaban J connectivity index is 2.68. The molecule has 0 N–H and O–H groups in total. The first kappa shape index (κ1) is 13.9. The Morgan fingerprint density at radius 2 is 1.00 bits per heavy atom. The summed E-state index contributed by atoms with van der Waals surface area (Å²) in [7, 11) is 0. The molecule has 3 aromatic rings. The van der Waals surface area contributed by atoms with Gasteiger partial charge < -0.3 is 0 Å². The molecule has 8 heteroatoms. The molecule has 1 aromatic carbocycles. The van der Waals surface area contributed by atoms with Gasteiger partial charge in [-0.1, -0.05) is 24.4 Å². The number of rotatable bonds is 2. The monoisotopic (exact) mass is 382 g/mol. The van der Waals surface area contributed by atoms with E-state index in [9.17, 15) is 0 Å². The molecule has 0 saturated heterocycles. The molecular formula is C10H6S8. The zero-order chi connectivity index (χ0) is 12.9. The number of hydrogen-bond donors (Lipinski definition) is 0. The first-order valence-electron chi connectivity index (χ1n) is 4.77. The van der Waals surface area contributed by atoms with Gasteiger partial charge in [-0.15, -0.1) is 68.9 Å². The molecule has 0 aliphatic rings. The summed E-state index contributed by atoms with van der Waals surface area (Å²) in [6.07, 6.45) is 4.28. The van der Waals surface area contributed by atoms with Crippen molar-refractivity contribution < 1.29 is 0 Å². The van der Waals surface area contributed by atoms with Crippen molar-refractivity contribution in [3.63, 3.8) is 0 Å².